The summed E-state index contributed by atoms with van der Waals surface area (Å²) in [5.74, 6) is 0. The Bertz CT molecular complexity index is 449. The van der Waals surface area contributed by atoms with Crippen LogP contribution in [0.4, 0.5) is 4.79 Å². The molecule has 0 aliphatic heterocycles. The largest absolute Gasteiger partial charge is 0.396 e. The number of carbonyl (C=O) groups is 1. The van der Waals surface area contributed by atoms with Gasteiger partial charge in [-0.15, -0.1) is 0 Å². The summed E-state index contributed by atoms with van der Waals surface area (Å²) in [5, 5.41) is 11.8. The lowest BCUT2D eigenvalue weighted by Gasteiger charge is -2.22. The summed E-state index contributed by atoms with van der Waals surface area (Å²) in [7, 11) is 0. The lowest BCUT2D eigenvalue weighted by molar-refractivity contribution is 0.190. The summed E-state index contributed by atoms with van der Waals surface area (Å²) in [6.45, 7) is 1.47. The highest BCUT2D eigenvalue weighted by molar-refractivity contribution is 9.10. The maximum Gasteiger partial charge on any atom is 0.317 e. The maximum absolute atomic E-state index is 12.2. The van der Waals surface area contributed by atoms with Gasteiger partial charge in [0, 0.05) is 30.2 Å². The van der Waals surface area contributed by atoms with Crippen LogP contribution in [0.2, 0.25) is 0 Å². The summed E-state index contributed by atoms with van der Waals surface area (Å²) < 4.78 is 1.02. The molecule has 0 heterocycles. The number of hydrogen-bond donors (Lipinski definition) is 2. The topological polar surface area (TPSA) is 52.6 Å². The van der Waals surface area contributed by atoms with Crippen molar-refractivity contribution in [2.45, 2.75) is 38.3 Å². The Morgan fingerprint density at radius 3 is 2.85 bits per heavy atom. The zero-order chi connectivity index (χ0) is 14.4. The van der Waals surface area contributed by atoms with Gasteiger partial charge in [0.2, 0.25) is 0 Å². The van der Waals surface area contributed by atoms with E-state index in [1.165, 1.54) is 0 Å². The van der Waals surface area contributed by atoms with Crippen molar-refractivity contribution >= 4 is 22.0 Å². The first-order valence-electron chi connectivity index (χ1n) is 7.10. The summed E-state index contributed by atoms with van der Waals surface area (Å²) >= 11 is 3.43. The second kappa shape index (κ2) is 7.64. The normalized spacial score (nSPS) is 14.1. The van der Waals surface area contributed by atoms with Crippen LogP contribution >= 0.6 is 15.9 Å². The summed E-state index contributed by atoms with van der Waals surface area (Å²) in [6.07, 6.45) is 3.81. The summed E-state index contributed by atoms with van der Waals surface area (Å²) in [5.41, 5.74) is 1.08. The standard InChI is InChI=1S/C15H21BrN2O2/c16-13-5-3-4-12(10-13)11-17-15(20)18(14-6-7-14)8-1-2-9-19/h3-5,10,14,19H,1-2,6-9,11H2,(H,17,20). The van der Waals surface area contributed by atoms with E-state index < -0.39 is 0 Å². The van der Waals surface area contributed by atoms with Crippen molar-refractivity contribution in [2.75, 3.05) is 13.2 Å². The van der Waals surface area contributed by atoms with Crippen LogP contribution < -0.4 is 5.32 Å². The number of benzene rings is 1. The van der Waals surface area contributed by atoms with Crippen LogP contribution in [0.15, 0.2) is 28.7 Å². The van der Waals surface area contributed by atoms with Crippen molar-refractivity contribution in [1.29, 1.82) is 0 Å². The third-order valence-corrected chi connectivity index (χ3v) is 3.88. The van der Waals surface area contributed by atoms with Crippen LogP contribution in [0, 0.1) is 0 Å². The third kappa shape index (κ3) is 4.80. The monoisotopic (exact) mass is 340 g/mol. The first kappa shape index (κ1) is 15.3. The predicted molar refractivity (Wildman–Crippen MR) is 82.4 cm³/mol. The minimum Gasteiger partial charge on any atom is -0.396 e. The number of aliphatic hydroxyl groups excluding tert-OH is 1. The van der Waals surface area contributed by atoms with Gasteiger partial charge in [-0.05, 0) is 43.4 Å². The Labute approximate surface area is 128 Å². The highest BCUT2D eigenvalue weighted by atomic mass is 79.9. The summed E-state index contributed by atoms with van der Waals surface area (Å²) in [4.78, 5) is 14.1. The molecule has 1 aliphatic carbocycles. The molecule has 0 atom stereocenters. The summed E-state index contributed by atoms with van der Waals surface area (Å²) in [6, 6.07) is 8.34. The van der Waals surface area contributed by atoms with Gasteiger partial charge in [0.25, 0.3) is 0 Å². The number of nitrogens with zero attached hydrogens (tertiary/aromatic N) is 1. The fourth-order valence-corrected chi connectivity index (χ4v) is 2.60. The van der Waals surface area contributed by atoms with E-state index >= 15 is 0 Å². The molecule has 0 aromatic heterocycles. The van der Waals surface area contributed by atoms with Gasteiger partial charge in [-0.2, -0.15) is 0 Å². The molecule has 5 heteroatoms. The van der Waals surface area contributed by atoms with E-state index in [9.17, 15) is 4.79 Å². The number of halogens is 1. The molecule has 2 amide bonds. The maximum atomic E-state index is 12.2. The van der Waals surface area contributed by atoms with Gasteiger partial charge in [0.15, 0.2) is 0 Å². The predicted octanol–water partition coefficient (Wildman–Crippen LogP) is 2.90. The minimum atomic E-state index is 0.00501. The van der Waals surface area contributed by atoms with E-state index in [1.54, 1.807) is 0 Å². The van der Waals surface area contributed by atoms with Crippen LogP contribution in [0.25, 0.3) is 0 Å². The highest BCUT2D eigenvalue weighted by Gasteiger charge is 2.31. The van der Waals surface area contributed by atoms with Crippen molar-refractivity contribution < 1.29 is 9.90 Å². The number of nitrogens with one attached hydrogen (secondary N) is 1. The van der Waals surface area contributed by atoms with E-state index in [2.05, 4.69) is 21.2 Å². The molecule has 1 aromatic carbocycles. The smallest absolute Gasteiger partial charge is 0.317 e. The molecule has 0 bridgehead atoms. The van der Waals surface area contributed by atoms with Gasteiger partial charge in [-0.1, -0.05) is 28.1 Å². The average Bonchev–Trinajstić information content (AvgIpc) is 3.26. The molecule has 0 unspecified atom stereocenters. The van der Waals surface area contributed by atoms with Gasteiger partial charge < -0.3 is 15.3 Å². The van der Waals surface area contributed by atoms with Crippen LogP contribution in [0.3, 0.4) is 0 Å². The molecule has 4 nitrogen and oxygen atoms in total. The molecular formula is C15H21BrN2O2. The van der Waals surface area contributed by atoms with Crippen LogP contribution in [-0.2, 0) is 6.54 Å². The molecule has 0 radical (unpaired) electrons. The Kier molecular flexibility index (Phi) is 5.86. The fourth-order valence-electron chi connectivity index (χ4n) is 2.16. The Morgan fingerprint density at radius 1 is 1.40 bits per heavy atom. The molecular weight excluding hydrogens is 320 g/mol. The number of amides is 2. The molecule has 20 heavy (non-hydrogen) atoms. The average molecular weight is 341 g/mol. The van der Waals surface area contributed by atoms with Crippen LogP contribution in [0.5, 0.6) is 0 Å². The van der Waals surface area contributed by atoms with Crippen LogP contribution in [-0.4, -0.2) is 35.2 Å². The zero-order valence-electron chi connectivity index (χ0n) is 11.5. The number of hydrogen-bond acceptors (Lipinski definition) is 2. The molecule has 2 N–H and O–H groups in total. The van der Waals surface area contributed by atoms with Crippen molar-refractivity contribution in [1.82, 2.24) is 10.2 Å². The number of carbonyl (C=O) groups excluding carboxylic acids is 1. The number of aliphatic hydroxyl groups is 1. The number of rotatable bonds is 7. The van der Waals surface area contributed by atoms with Gasteiger partial charge in [-0.25, -0.2) is 4.79 Å². The fraction of sp³-hybridized carbons (Fsp3) is 0.533. The molecule has 110 valence electrons. The molecule has 2 rings (SSSR count). The number of urea groups is 1. The van der Waals surface area contributed by atoms with Crippen molar-refractivity contribution in [3.8, 4) is 0 Å². The van der Waals surface area contributed by atoms with Gasteiger partial charge in [-0.3, -0.25) is 0 Å². The molecule has 0 spiro atoms. The third-order valence-electron chi connectivity index (χ3n) is 3.39. The SMILES string of the molecule is O=C(NCc1cccc(Br)c1)N(CCCCO)C1CC1. The van der Waals surface area contributed by atoms with E-state index in [0.29, 0.717) is 12.6 Å². The molecule has 1 aromatic rings. The van der Waals surface area contributed by atoms with Crippen LogP contribution in [0.1, 0.15) is 31.2 Å². The molecule has 1 saturated carbocycles. The molecule has 1 fully saturated rings. The quantitative estimate of drug-likeness (QED) is 0.750. The van der Waals surface area contributed by atoms with Gasteiger partial charge in [0.1, 0.15) is 0 Å². The van der Waals surface area contributed by atoms with E-state index in [0.717, 1.165) is 42.3 Å². The Balaban J connectivity index is 1.82. The highest BCUT2D eigenvalue weighted by Crippen LogP contribution is 2.27. The second-order valence-electron chi connectivity index (χ2n) is 5.14. The van der Waals surface area contributed by atoms with Gasteiger partial charge >= 0.3 is 6.03 Å². The molecule has 0 saturated heterocycles. The van der Waals surface area contributed by atoms with Crippen molar-refractivity contribution in [3.63, 3.8) is 0 Å². The Hall–Kier alpha value is -1.07. The Morgan fingerprint density at radius 2 is 2.20 bits per heavy atom. The molecule has 1 aliphatic rings. The first-order valence-corrected chi connectivity index (χ1v) is 7.90. The zero-order valence-corrected chi connectivity index (χ0v) is 13.1. The lowest BCUT2D eigenvalue weighted by atomic mass is 10.2. The van der Waals surface area contributed by atoms with E-state index in [4.69, 9.17) is 5.11 Å². The van der Waals surface area contributed by atoms with E-state index in [-0.39, 0.29) is 12.6 Å². The van der Waals surface area contributed by atoms with Crippen molar-refractivity contribution in [2.24, 2.45) is 0 Å². The van der Waals surface area contributed by atoms with Gasteiger partial charge in [0.05, 0.1) is 0 Å². The second-order valence-corrected chi connectivity index (χ2v) is 6.06. The lowest BCUT2D eigenvalue weighted by Crippen LogP contribution is -2.41. The van der Waals surface area contributed by atoms with Crippen molar-refractivity contribution in [3.05, 3.63) is 34.3 Å². The first-order chi connectivity index (χ1) is 9.70. The minimum absolute atomic E-state index is 0.00501. The number of unbranched alkanes of at least 4 members (excludes halogenated alkanes) is 1. The van der Waals surface area contributed by atoms with E-state index in [1.807, 2.05) is 29.2 Å².